The van der Waals surface area contributed by atoms with Crippen molar-refractivity contribution < 1.29 is 4.74 Å². The van der Waals surface area contributed by atoms with Crippen molar-refractivity contribution in [1.82, 2.24) is 15.3 Å². The molecule has 18 heavy (non-hydrogen) atoms. The van der Waals surface area contributed by atoms with Crippen molar-refractivity contribution in [3.8, 4) is 5.88 Å². The number of methoxy groups -OCH3 is 1. The Balaban J connectivity index is 2.41. The Morgan fingerprint density at radius 1 is 1.28 bits per heavy atom. The molecule has 1 N–H and O–H groups in total. The highest BCUT2D eigenvalue weighted by Gasteiger charge is 2.09. The van der Waals surface area contributed by atoms with Crippen molar-refractivity contribution in [2.45, 2.75) is 51.5 Å². The number of unbranched alkanes of at least 4 members (excludes halogenated alkanes) is 3. The van der Waals surface area contributed by atoms with Gasteiger partial charge in [0.05, 0.1) is 7.11 Å². The van der Waals surface area contributed by atoms with Crippen molar-refractivity contribution in [1.29, 1.82) is 0 Å². The second kappa shape index (κ2) is 8.86. The van der Waals surface area contributed by atoms with Gasteiger partial charge < -0.3 is 10.1 Å². The topological polar surface area (TPSA) is 47.0 Å². The molecule has 0 radical (unpaired) electrons. The van der Waals surface area contributed by atoms with E-state index in [9.17, 15) is 0 Å². The zero-order chi connectivity index (χ0) is 13.2. The fraction of sp³-hybridized carbons (Fsp3) is 0.714. The molecule has 4 heteroatoms. The third kappa shape index (κ3) is 5.45. The van der Waals surface area contributed by atoms with Gasteiger partial charge in [0.25, 0.3) is 0 Å². The summed E-state index contributed by atoms with van der Waals surface area (Å²) in [7, 11) is 3.65. The summed E-state index contributed by atoms with van der Waals surface area (Å²) in [5.74, 6) is 0.640. The van der Waals surface area contributed by atoms with Gasteiger partial charge in [-0.15, -0.1) is 0 Å². The third-order valence-electron chi connectivity index (χ3n) is 3.18. The molecule has 1 aromatic heterocycles. The maximum absolute atomic E-state index is 5.11. The van der Waals surface area contributed by atoms with Crippen LogP contribution in [0.4, 0.5) is 0 Å². The van der Waals surface area contributed by atoms with Crippen LogP contribution in [0.2, 0.25) is 0 Å². The Morgan fingerprint density at radius 2 is 2.11 bits per heavy atom. The molecule has 0 fully saturated rings. The van der Waals surface area contributed by atoms with Crippen molar-refractivity contribution in [3.63, 3.8) is 0 Å². The van der Waals surface area contributed by atoms with Crippen LogP contribution < -0.4 is 10.1 Å². The molecule has 1 unspecified atom stereocenters. The highest BCUT2D eigenvalue weighted by atomic mass is 16.5. The summed E-state index contributed by atoms with van der Waals surface area (Å²) in [6, 6.07) is 2.40. The number of hydrogen-bond donors (Lipinski definition) is 1. The fourth-order valence-electron chi connectivity index (χ4n) is 2.02. The van der Waals surface area contributed by atoms with Gasteiger partial charge in [-0.3, -0.25) is 0 Å². The minimum Gasteiger partial charge on any atom is -0.481 e. The van der Waals surface area contributed by atoms with E-state index in [0.717, 1.165) is 12.1 Å². The number of nitrogens with one attached hydrogen (secondary N) is 1. The van der Waals surface area contributed by atoms with Crippen LogP contribution in [-0.4, -0.2) is 30.2 Å². The van der Waals surface area contributed by atoms with Crippen molar-refractivity contribution in [2.75, 3.05) is 14.2 Å². The van der Waals surface area contributed by atoms with Gasteiger partial charge in [0, 0.05) is 24.2 Å². The summed E-state index contributed by atoms with van der Waals surface area (Å²) in [6.07, 6.45) is 8.91. The van der Waals surface area contributed by atoms with Crippen LogP contribution >= 0.6 is 0 Å². The predicted octanol–water partition coefficient (Wildman–Crippen LogP) is 2.59. The number of ether oxygens (including phenoxy) is 1. The summed E-state index contributed by atoms with van der Waals surface area (Å²) in [6.45, 7) is 2.24. The quantitative estimate of drug-likeness (QED) is 0.685. The van der Waals surface area contributed by atoms with Crippen molar-refractivity contribution in [2.24, 2.45) is 0 Å². The predicted molar refractivity (Wildman–Crippen MR) is 73.9 cm³/mol. The molecule has 1 rings (SSSR count). The summed E-state index contributed by atoms with van der Waals surface area (Å²) >= 11 is 0. The lowest BCUT2D eigenvalue weighted by Gasteiger charge is -2.15. The molecule has 0 aliphatic heterocycles. The van der Waals surface area contributed by atoms with Gasteiger partial charge in [-0.1, -0.05) is 32.6 Å². The van der Waals surface area contributed by atoms with Crippen LogP contribution in [0.25, 0.3) is 0 Å². The molecule has 1 aromatic rings. The largest absolute Gasteiger partial charge is 0.481 e. The van der Waals surface area contributed by atoms with E-state index in [1.165, 1.54) is 32.1 Å². The van der Waals surface area contributed by atoms with Crippen LogP contribution in [0.1, 0.15) is 44.7 Å². The molecular weight excluding hydrogens is 226 g/mol. The maximum atomic E-state index is 5.11. The van der Waals surface area contributed by atoms with Gasteiger partial charge in [-0.25, -0.2) is 9.97 Å². The number of nitrogens with zero attached hydrogens (tertiary/aromatic N) is 2. The summed E-state index contributed by atoms with van der Waals surface area (Å²) in [5, 5.41) is 3.36. The normalized spacial score (nSPS) is 12.4. The molecule has 0 amide bonds. The van der Waals surface area contributed by atoms with Gasteiger partial charge in [-0.05, 0) is 13.5 Å². The van der Waals surface area contributed by atoms with Gasteiger partial charge in [0.1, 0.15) is 6.33 Å². The highest BCUT2D eigenvalue weighted by Crippen LogP contribution is 2.12. The summed E-state index contributed by atoms with van der Waals surface area (Å²) < 4.78 is 5.11. The second-order valence-electron chi connectivity index (χ2n) is 4.59. The third-order valence-corrected chi connectivity index (χ3v) is 3.18. The Hall–Kier alpha value is -1.16. The van der Waals surface area contributed by atoms with Crippen LogP contribution in [0, 0.1) is 0 Å². The highest BCUT2D eigenvalue weighted by molar-refractivity contribution is 5.14. The Kier molecular flexibility index (Phi) is 7.34. The molecule has 102 valence electrons. The number of likely N-dealkylation sites (N-methyl/N-ethyl adjacent to an activating group) is 1. The lowest BCUT2D eigenvalue weighted by atomic mass is 10.0. The Labute approximate surface area is 110 Å². The smallest absolute Gasteiger partial charge is 0.216 e. The monoisotopic (exact) mass is 251 g/mol. The van der Waals surface area contributed by atoms with E-state index in [4.69, 9.17) is 4.74 Å². The molecule has 0 aromatic carbocycles. The van der Waals surface area contributed by atoms with Gasteiger partial charge >= 0.3 is 0 Å². The van der Waals surface area contributed by atoms with Crippen LogP contribution in [0.3, 0.4) is 0 Å². The van der Waals surface area contributed by atoms with E-state index < -0.39 is 0 Å². The Morgan fingerprint density at radius 3 is 2.78 bits per heavy atom. The molecule has 0 bridgehead atoms. The molecule has 1 heterocycles. The fourth-order valence-corrected chi connectivity index (χ4v) is 2.02. The molecule has 0 saturated carbocycles. The van der Waals surface area contributed by atoms with E-state index in [1.807, 2.05) is 13.1 Å². The molecule has 1 atom stereocenters. The van der Waals surface area contributed by atoms with Gasteiger partial charge in [0.2, 0.25) is 5.88 Å². The average Bonchev–Trinajstić information content (AvgIpc) is 2.42. The molecule has 0 saturated heterocycles. The van der Waals surface area contributed by atoms with Gasteiger partial charge in [0.15, 0.2) is 0 Å². The van der Waals surface area contributed by atoms with Crippen molar-refractivity contribution in [3.05, 3.63) is 18.1 Å². The zero-order valence-electron chi connectivity index (χ0n) is 11.8. The number of rotatable bonds is 9. The second-order valence-corrected chi connectivity index (χ2v) is 4.59. The number of hydrogen-bond acceptors (Lipinski definition) is 4. The lowest BCUT2D eigenvalue weighted by molar-refractivity contribution is 0.394. The minimum atomic E-state index is 0.487. The van der Waals surface area contributed by atoms with E-state index in [2.05, 4.69) is 22.2 Å². The lowest BCUT2D eigenvalue weighted by Crippen LogP contribution is -2.27. The summed E-state index contributed by atoms with van der Waals surface area (Å²) in [5.41, 5.74) is 1.04. The van der Waals surface area contributed by atoms with Crippen LogP contribution in [0.15, 0.2) is 12.4 Å². The molecular formula is C14H25N3O. The first kappa shape index (κ1) is 14.9. The Bertz CT molecular complexity index is 331. The molecule has 4 nitrogen and oxygen atoms in total. The molecule has 0 aliphatic rings. The minimum absolute atomic E-state index is 0.487. The van der Waals surface area contributed by atoms with E-state index in [1.54, 1.807) is 13.4 Å². The van der Waals surface area contributed by atoms with Gasteiger partial charge in [-0.2, -0.15) is 0 Å². The zero-order valence-corrected chi connectivity index (χ0v) is 11.8. The first-order valence-electron chi connectivity index (χ1n) is 6.82. The van der Waals surface area contributed by atoms with E-state index in [0.29, 0.717) is 11.9 Å². The van der Waals surface area contributed by atoms with E-state index >= 15 is 0 Å². The standard InChI is InChI=1S/C14H25N3O/c1-4-5-6-7-8-12(15-2)9-13-10-14(18-3)17-11-16-13/h10-12,15H,4-9H2,1-3H3. The van der Waals surface area contributed by atoms with Crippen LogP contribution in [0.5, 0.6) is 5.88 Å². The maximum Gasteiger partial charge on any atom is 0.216 e. The molecule has 0 aliphatic carbocycles. The first-order valence-corrected chi connectivity index (χ1v) is 6.82. The van der Waals surface area contributed by atoms with E-state index in [-0.39, 0.29) is 0 Å². The average molecular weight is 251 g/mol. The number of aromatic nitrogens is 2. The van der Waals surface area contributed by atoms with Crippen LogP contribution in [-0.2, 0) is 6.42 Å². The first-order chi connectivity index (χ1) is 8.80. The SMILES string of the molecule is CCCCCCC(Cc1cc(OC)ncn1)NC. The molecule has 0 spiro atoms. The summed E-state index contributed by atoms with van der Waals surface area (Å²) in [4.78, 5) is 8.31. The van der Waals surface area contributed by atoms with Crippen molar-refractivity contribution >= 4 is 0 Å².